The number of pyridine rings is 1. The van der Waals surface area contributed by atoms with Crippen LogP contribution in [-0.2, 0) is 6.42 Å². The Labute approximate surface area is 145 Å². The Kier molecular flexibility index (Phi) is 7.11. The largest absolute Gasteiger partial charge is 0.326 e. The van der Waals surface area contributed by atoms with Gasteiger partial charge in [0.25, 0.3) is 11.5 Å². The van der Waals surface area contributed by atoms with Crippen molar-refractivity contribution in [2.75, 3.05) is 5.32 Å². The predicted molar refractivity (Wildman–Crippen MR) is 96.7 cm³/mol. The Balaban J connectivity index is 1.82. The summed E-state index contributed by atoms with van der Waals surface area (Å²) >= 11 is 1.37. The van der Waals surface area contributed by atoms with E-state index in [1.54, 1.807) is 13.0 Å². The van der Waals surface area contributed by atoms with Crippen LogP contribution in [0, 0.1) is 6.92 Å². The number of carbonyl (C=O) groups excluding carboxylic acids is 1. The molecule has 2 rings (SSSR count). The molecule has 0 bridgehead atoms. The number of unbranched alkanes of at least 4 members (excludes halogenated alkanes) is 5. The molecule has 2 N–H and O–H groups in total. The van der Waals surface area contributed by atoms with Gasteiger partial charge in [0, 0.05) is 12.1 Å². The normalized spacial score (nSPS) is 10.8. The molecular weight excluding hydrogens is 324 g/mol. The highest BCUT2D eigenvalue weighted by atomic mass is 32.1. The number of anilines is 1. The van der Waals surface area contributed by atoms with E-state index in [1.165, 1.54) is 49.5 Å². The fourth-order valence-corrected chi connectivity index (χ4v) is 3.15. The van der Waals surface area contributed by atoms with Crippen molar-refractivity contribution in [3.05, 3.63) is 38.8 Å². The van der Waals surface area contributed by atoms with Gasteiger partial charge in [-0.1, -0.05) is 50.4 Å². The van der Waals surface area contributed by atoms with E-state index in [1.807, 2.05) is 0 Å². The Hall–Kier alpha value is -2.02. The number of aryl methyl sites for hydroxylation is 2. The highest BCUT2D eigenvalue weighted by Crippen LogP contribution is 2.18. The first-order valence-electron chi connectivity index (χ1n) is 8.44. The van der Waals surface area contributed by atoms with Crippen molar-refractivity contribution >= 4 is 22.4 Å². The fraction of sp³-hybridized carbons (Fsp3) is 0.529. The van der Waals surface area contributed by atoms with Gasteiger partial charge >= 0.3 is 0 Å². The van der Waals surface area contributed by atoms with Crippen molar-refractivity contribution in [1.29, 1.82) is 0 Å². The zero-order valence-electron chi connectivity index (χ0n) is 14.2. The van der Waals surface area contributed by atoms with Gasteiger partial charge in [-0.3, -0.25) is 14.9 Å². The molecule has 1 amide bonds. The average Bonchev–Trinajstić information content (AvgIpc) is 2.98. The maximum Gasteiger partial charge on any atom is 0.263 e. The quantitative estimate of drug-likeness (QED) is 0.677. The van der Waals surface area contributed by atoms with E-state index in [-0.39, 0.29) is 5.56 Å². The van der Waals surface area contributed by atoms with Gasteiger partial charge in [0.15, 0.2) is 0 Å². The molecule has 0 aliphatic heterocycles. The summed E-state index contributed by atoms with van der Waals surface area (Å²) in [5, 5.41) is 12.1. The number of carbonyl (C=O) groups is 1. The minimum absolute atomic E-state index is 0.0771. The Bertz CT molecular complexity index is 723. The standard InChI is InChI=1S/C17H24N4O2S/c1-3-4-5-6-7-8-9-14-20-21-17(24-14)19-16(23)13-11-10-12(2)18-15(13)22/h10-11H,3-9H2,1-2H3,(H,18,22)(H,19,21,23). The minimum atomic E-state index is -0.460. The monoisotopic (exact) mass is 348 g/mol. The van der Waals surface area contributed by atoms with Crippen molar-refractivity contribution in [2.24, 2.45) is 0 Å². The van der Waals surface area contributed by atoms with Gasteiger partial charge < -0.3 is 4.98 Å². The average molecular weight is 348 g/mol. The molecule has 2 aromatic heterocycles. The third-order valence-electron chi connectivity index (χ3n) is 3.73. The summed E-state index contributed by atoms with van der Waals surface area (Å²) in [4.78, 5) is 26.5. The summed E-state index contributed by atoms with van der Waals surface area (Å²) < 4.78 is 0. The van der Waals surface area contributed by atoms with Crippen LogP contribution < -0.4 is 10.9 Å². The van der Waals surface area contributed by atoms with Gasteiger partial charge in [0.05, 0.1) is 0 Å². The molecule has 130 valence electrons. The molecule has 0 saturated heterocycles. The summed E-state index contributed by atoms with van der Waals surface area (Å²) in [5.74, 6) is -0.460. The van der Waals surface area contributed by atoms with Crippen LogP contribution in [0.4, 0.5) is 5.13 Å². The molecule has 0 radical (unpaired) electrons. The SMILES string of the molecule is CCCCCCCCc1nnc(NC(=O)c2ccc(C)[nH]c2=O)s1. The first-order valence-corrected chi connectivity index (χ1v) is 9.25. The lowest BCUT2D eigenvalue weighted by molar-refractivity contribution is 0.102. The maximum atomic E-state index is 12.1. The first kappa shape index (κ1) is 18.3. The highest BCUT2D eigenvalue weighted by molar-refractivity contribution is 7.15. The molecule has 6 nitrogen and oxygen atoms in total. The number of nitrogens with zero attached hydrogens (tertiary/aromatic N) is 2. The van der Waals surface area contributed by atoms with Gasteiger partial charge in [-0.15, -0.1) is 10.2 Å². The maximum absolute atomic E-state index is 12.1. The lowest BCUT2D eigenvalue weighted by Crippen LogP contribution is -2.23. The van der Waals surface area contributed by atoms with Gasteiger partial charge in [-0.2, -0.15) is 0 Å². The van der Waals surface area contributed by atoms with Crippen molar-refractivity contribution in [2.45, 2.75) is 58.8 Å². The Morgan fingerprint density at radius 2 is 1.92 bits per heavy atom. The van der Waals surface area contributed by atoms with E-state index in [4.69, 9.17) is 0 Å². The van der Waals surface area contributed by atoms with Crippen LogP contribution in [0.1, 0.15) is 66.5 Å². The fourth-order valence-electron chi connectivity index (χ4n) is 2.38. The number of aromatic amines is 1. The highest BCUT2D eigenvalue weighted by Gasteiger charge is 2.13. The van der Waals surface area contributed by atoms with Crippen molar-refractivity contribution < 1.29 is 4.79 Å². The van der Waals surface area contributed by atoms with Crippen molar-refractivity contribution in [1.82, 2.24) is 15.2 Å². The van der Waals surface area contributed by atoms with Crippen molar-refractivity contribution in [3.63, 3.8) is 0 Å². The van der Waals surface area contributed by atoms with E-state index >= 15 is 0 Å². The third kappa shape index (κ3) is 5.56. The predicted octanol–water partition coefficient (Wildman–Crippen LogP) is 3.69. The van der Waals surface area contributed by atoms with E-state index in [2.05, 4.69) is 27.4 Å². The summed E-state index contributed by atoms with van der Waals surface area (Å²) in [6.45, 7) is 3.98. The number of hydrogen-bond donors (Lipinski definition) is 2. The van der Waals surface area contributed by atoms with Crippen LogP contribution in [0.25, 0.3) is 0 Å². The molecule has 24 heavy (non-hydrogen) atoms. The molecule has 7 heteroatoms. The molecule has 0 fully saturated rings. The van der Waals surface area contributed by atoms with Gasteiger partial charge in [0.2, 0.25) is 5.13 Å². The van der Waals surface area contributed by atoms with Crippen LogP contribution in [0.15, 0.2) is 16.9 Å². The number of rotatable bonds is 9. The smallest absolute Gasteiger partial charge is 0.263 e. The zero-order chi connectivity index (χ0) is 17.4. The number of aromatic nitrogens is 3. The molecular formula is C17H24N4O2S. The molecule has 0 spiro atoms. The molecule has 0 unspecified atom stereocenters. The lowest BCUT2D eigenvalue weighted by atomic mass is 10.1. The van der Waals surface area contributed by atoms with Crippen LogP contribution in [0.3, 0.4) is 0 Å². The summed E-state index contributed by atoms with van der Waals surface area (Å²) in [5.41, 5.74) is 0.395. The van der Waals surface area contributed by atoms with Crippen LogP contribution in [0.2, 0.25) is 0 Å². The summed E-state index contributed by atoms with van der Waals surface area (Å²) in [6, 6.07) is 3.21. The lowest BCUT2D eigenvalue weighted by Gasteiger charge is -2.00. The Morgan fingerprint density at radius 1 is 1.17 bits per heavy atom. The topological polar surface area (TPSA) is 87.7 Å². The molecule has 0 aromatic carbocycles. The van der Waals surface area contributed by atoms with E-state index in [0.717, 1.165) is 17.8 Å². The van der Waals surface area contributed by atoms with Crippen LogP contribution in [-0.4, -0.2) is 21.1 Å². The molecule has 0 aliphatic carbocycles. The second-order valence-electron chi connectivity index (χ2n) is 5.86. The molecule has 2 heterocycles. The van der Waals surface area contributed by atoms with Crippen molar-refractivity contribution in [3.8, 4) is 0 Å². The number of amides is 1. The van der Waals surface area contributed by atoms with E-state index in [9.17, 15) is 9.59 Å². The third-order valence-corrected chi connectivity index (χ3v) is 4.63. The number of nitrogens with one attached hydrogen (secondary N) is 2. The second-order valence-corrected chi connectivity index (χ2v) is 6.92. The van der Waals surface area contributed by atoms with E-state index < -0.39 is 11.5 Å². The molecule has 0 saturated carbocycles. The first-order chi connectivity index (χ1) is 11.6. The molecule has 2 aromatic rings. The zero-order valence-corrected chi connectivity index (χ0v) is 15.0. The Morgan fingerprint density at radius 3 is 2.67 bits per heavy atom. The number of H-pyrrole nitrogens is 1. The number of hydrogen-bond acceptors (Lipinski definition) is 5. The summed E-state index contributed by atoms with van der Waals surface area (Å²) in [6.07, 6.45) is 8.26. The van der Waals surface area contributed by atoms with Gasteiger partial charge in [-0.25, -0.2) is 0 Å². The molecule has 0 atom stereocenters. The van der Waals surface area contributed by atoms with Crippen LogP contribution >= 0.6 is 11.3 Å². The van der Waals surface area contributed by atoms with Gasteiger partial charge in [0.1, 0.15) is 10.6 Å². The van der Waals surface area contributed by atoms with E-state index in [0.29, 0.717) is 10.8 Å². The van der Waals surface area contributed by atoms with Crippen LogP contribution in [0.5, 0.6) is 0 Å². The summed E-state index contributed by atoms with van der Waals surface area (Å²) in [7, 11) is 0. The van der Waals surface area contributed by atoms with Gasteiger partial charge in [-0.05, 0) is 25.5 Å². The molecule has 0 aliphatic rings. The minimum Gasteiger partial charge on any atom is -0.326 e. The second kappa shape index (κ2) is 9.32.